The number of aromatic amines is 1. The molecule has 0 radical (unpaired) electrons. The first kappa shape index (κ1) is 13.1. The molecule has 0 amide bonds. The SMILES string of the molecule is N#Cc1nc(-c2ccc(C(F)(F)F)cc2)c2[nH]ccc2n1. The number of nitrogens with one attached hydrogen (secondary N) is 1. The van der Waals surface area contributed by atoms with E-state index in [1.54, 1.807) is 12.3 Å². The molecule has 0 atom stereocenters. The third-order valence-corrected chi connectivity index (χ3v) is 2.99. The highest BCUT2D eigenvalue weighted by Crippen LogP contribution is 2.31. The average molecular weight is 288 g/mol. The van der Waals surface area contributed by atoms with Gasteiger partial charge in [-0.15, -0.1) is 0 Å². The van der Waals surface area contributed by atoms with Crippen molar-refractivity contribution in [3.63, 3.8) is 0 Å². The number of aromatic nitrogens is 3. The molecule has 0 aliphatic heterocycles. The fraction of sp³-hybridized carbons (Fsp3) is 0.0714. The van der Waals surface area contributed by atoms with Gasteiger partial charge in [0, 0.05) is 11.8 Å². The Labute approximate surface area is 116 Å². The molecular weight excluding hydrogens is 281 g/mol. The number of nitrogens with zero attached hydrogens (tertiary/aromatic N) is 3. The molecule has 21 heavy (non-hydrogen) atoms. The van der Waals surface area contributed by atoms with E-state index in [1.807, 2.05) is 6.07 Å². The summed E-state index contributed by atoms with van der Waals surface area (Å²) in [6.45, 7) is 0. The molecule has 104 valence electrons. The molecule has 4 nitrogen and oxygen atoms in total. The number of H-pyrrole nitrogens is 1. The molecule has 0 unspecified atom stereocenters. The van der Waals surface area contributed by atoms with Crippen molar-refractivity contribution in [2.75, 3.05) is 0 Å². The van der Waals surface area contributed by atoms with Gasteiger partial charge < -0.3 is 4.98 Å². The lowest BCUT2D eigenvalue weighted by Gasteiger charge is -2.08. The molecule has 7 heteroatoms. The minimum absolute atomic E-state index is 0.0306. The summed E-state index contributed by atoms with van der Waals surface area (Å²) in [6, 6.07) is 8.13. The first-order valence-corrected chi connectivity index (χ1v) is 5.92. The van der Waals surface area contributed by atoms with Gasteiger partial charge in [0.05, 0.1) is 22.3 Å². The van der Waals surface area contributed by atoms with E-state index in [0.717, 1.165) is 12.1 Å². The van der Waals surface area contributed by atoms with Crippen molar-refractivity contribution < 1.29 is 13.2 Å². The van der Waals surface area contributed by atoms with Crippen LogP contribution in [0.1, 0.15) is 11.4 Å². The van der Waals surface area contributed by atoms with Crippen LogP contribution in [0, 0.1) is 11.3 Å². The zero-order valence-electron chi connectivity index (χ0n) is 10.4. The Morgan fingerprint density at radius 1 is 1.05 bits per heavy atom. The van der Waals surface area contributed by atoms with Crippen LogP contribution in [0.3, 0.4) is 0 Å². The Morgan fingerprint density at radius 2 is 1.76 bits per heavy atom. The van der Waals surface area contributed by atoms with Crippen LogP contribution in [0.4, 0.5) is 13.2 Å². The summed E-state index contributed by atoms with van der Waals surface area (Å²) in [5.74, 6) is -0.0306. The second kappa shape index (κ2) is 4.59. The first-order chi connectivity index (χ1) is 9.99. The lowest BCUT2D eigenvalue weighted by Crippen LogP contribution is -2.04. The van der Waals surface area contributed by atoms with Crippen LogP contribution in [0.2, 0.25) is 0 Å². The third-order valence-electron chi connectivity index (χ3n) is 2.99. The molecule has 0 bridgehead atoms. The third kappa shape index (κ3) is 2.31. The number of hydrogen-bond acceptors (Lipinski definition) is 3. The highest BCUT2D eigenvalue weighted by Gasteiger charge is 2.30. The van der Waals surface area contributed by atoms with Crippen molar-refractivity contribution in [3.05, 3.63) is 47.9 Å². The van der Waals surface area contributed by atoms with Crippen LogP contribution >= 0.6 is 0 Å². The summed E-state index contributed by atoms with van der Waals surface area (Å²) in [5, 5.41) is 8.92. The van der Waals surface area contributed by atoms with Gasteiger partial charge in [0.2, 0.25) is 5.82 Å². The summed E-state index contributed by atoms with van der Waals surface area (Å²) < 4.78 is 37.7. The van der Waals surface area contributed by atoms with Gasteiger partial charge in [0.25, 0.3) is 0 Å². The fourth-order valence-corrected chi connectivity index (χ4v) is 2.02. The number of hydrogen-bond donors (Lipinski definition) is 1. The van der Waals surface area contributed by atoms with Gasteiger partial charge in [-0.3, -0.25) is 0 Å². The maximum atomic E-state index is 12.6. The Morgan fingerprint density at radius 3 is 2.38 bits per heavy atom. The fourth-order valence-electron chi connectivity index (χ4n) is 2.02. The van der Waals surface area contributed by atoms with Crippen LogP contribution < -0.4 is 0 Å². The van der Waals surface area contributed by atoms with Gasteiger partial charge in [-0.2, -0.15) is 18.4 Å². The molecule has 0 saturated heterocycles. The normalized spacial score (nSPS) is 11.5. The van der Waals surface area contributed by atoms with E-state index >= 15 is 0 Å². The van der Waals surface area contributed by atoms with Crippen LogP contribution in [0.5, 0.6) is 0 Å². The molecule has 2 heterocycles. The lowest BCUT2D eigenvalue weighted by molar-refractivity contribution is -0.137. The van der Waals surface area contributed by atoms with E-state index in [0.29, 0.717) is 22.3 Å². The van der Waals surface area contributed by atoms with Crippen molar-refractivity contribution >= 4 is 11.0 Å². The van der Waals surface area contributed by atoms with Gasteiger partial charge in [-0.1, -0.05) is 12.1 Å². The summed E-state index contributed by atoms with van der Waals surface area (Å²) >= 11 is 0. The maximum Gasteiger partial charge on any atom is 0.416 e. The van der Waals surface area contributed by atoms with Crippen molar-refractivity contribution in [1.82, 2.24) is 15.0 Å². The second-order valence-electron chi connectivity index (χ2n) is 4.32. The zero-order chi connectivity index (χ0) is 15.0. The predicted molar refractivity (Wildman–Crippen MR) is 69.0 cm³/mol. The molecule has 3 aromatic rings. The van der Waals surface area contributed by atoms with Crippen LogP contribution in [-0.4, -0.2) is 15.0 Å². The van der Waals surface area contributed by atoms with E-state index in [-0.39, 0.29) is 5.82 Å². The van der Waals surface area contributed by atoms with Crippen LogP contribution in [0.15, 0.2) is 36.5 Å². The monoisotopic (exact) mass is 288 g/mol. The molecule has 1 N–H and O–H groups in total. The molecule has 0 spiro atoms. The Hall–Kier alpha value is -2.88. The average Bonchev–Trinajstić information content (AvgIpc) is 2.93. The first-order valence-electron chi connectivity index (χ1n) is 5.92. The van der Waals surface area contributed by atoms with Gasteiger partial charge in [0.15, 0.2) is 0 Å². The molecule has 3 rings (SSSR count). The number of halogens is 3. The Kier molecular flexibility index (Phi) is 2.87. The molecule has 0 aliphatic rings. The smallest absolute Gasteiger partial charge is 0.358 e. The van der Waals surface area contributed by atoms with Crippen molar-refractivity contribution in [2.24, 2.45) is 0 Å². The van der Waals surface area contributed by atoms with Gasteiger partial charge in [-0.05, 0) is 18.2 Å². The summed E-state index contributed by atoms with van der Waals surface area (Å²) in [4.78, 5) is 11.0. The number of alkyl halides is 3. The van der Waals surface area contributed by atoms with E-state index in [4.69, 9.17) is 5.26 Å². The molecule has 0 saturated carbocycles. The van der Waals surface area contributed by atoms with Crippen LogP contribution in [-0.2, 0) is 6.18 Å². The Bertz CT molecular complexity index is 841. The van der Waals surface area contributed by atoms with Crippen LogP contribution in [0.25, 0.3) is 22.3 Å². The minimum atomic E-state index is -4.39. The summed E-state index contributed by atoms with van der Waals surface area (Å²) in [7, 11) is 0. The highest BCUT2D eigenvalue weighted by atomic mass is 19.4. The van der Waals surface area contributed by atoms with Gasteiger partial charge >= 0.3 is 6.18 Å². The topological polar surface area (TPSA) is 65.4 Å². The summed E-state index contributed by atoms with van der Waals surface area (Å²) in [6.07, 6.45) is -2.75. The molecular formula is C14H7F3N4. The summed E-state index contributed by atoms with van der Waals surface area (Å²) in [5.41, 5.74) is 1.26. The Balaban J connectivity index is 2.16. The van der Waals surface area contributed by atoms with Crippen molar-refractivity contribution in [1.29, 1.82) is 5.26 Å². The quantitative estimate of drug-likeness (QED) is 0.745. The van der Waals surface area contributed by atoms with E-state index < -0.39 is 11.7 Å². The maximum absolute atomic E-state index is 12.6. The van der Waals surface area contributed by atoms with E-state index in [9.17, 15) is 13.2 Å². The van der Waals surface area contributed by atoms with Gasteiger partial charge in [0.1, 0.15) is 6.07 Å². The minimum Gasteiger partial charge on any atom is -0.358 e. The van der Waals surface area contributed by atoms with E-state index in [2.05, 4.69) is 15.0 Å². The molecule has 0 fully saturated rings. The van der Waals surface area contributed by atoms with Gasteiger partial charge in [-0.25, -0.2) is 9.97 Å². The predicted octanol–water partition coefficient (Wildman–Crippen LogP) is 3.52. The number of fused-ring (bicyclic) bond motifs is 1. The number of benzene rings is 1. The van der Waals surface area contributed by atoms with Crippen molar-refractivity contribution in [2.45, 2.75) is 6.18 Å². The number of nitriles is 1. The number of rotatable bonds is 1. The largest absolute Gasteiger partial charge is 0.416 e. The van der Waals surface area contributed by atoms with Crippen molar-refractivity contribution in [3.8, 4) is 17.3 Å². The second-order valence-corrected chi connectivity index (χ2v) is 4.32. The van der Waals surface area contributed by atoms with E-state index in [1.165, 1.54) is 12.1 Å². The highest BCUT2D eigenvalue weighted by molar-refractivity contribution is 5.89. The molecule has 0 aliphatic carbocycles. The molecule has 2 aromatic heterocycles. The lowest BCUT2D eigenvalue weighted by atomic mass is 10.1. The molecule has 1 aromatic carbocycles. The zero-order valence-corrected chi connectivity index (χ0v) is 10.4. The standard InChI is InChI=1S/C14H7F3N4/c15-14(16,17)9-3-1-8(2-4-9)12-13-10(5-6-19-13)20-11(7-18)21-12/h1-6,19H.